The van der Waals surface area contributed by atoms with Crippen molar-refractivity contribution in [2.45, 2.75) is 0 Å². The molecule has 22 heavy (non-hydrogen) atoms. The van der Waals surface area contributed by atoms with Crippen molar-refractivity contribution in [2.24, 2.45) is 0 Å². The second-order valence-electron chi connectivity index (χ2n) is 4.37. The van der Waals surface area contributed by atoms with Crippen LogP contribution in [-0.2, 0) is 9.53 Å². The zero-order valence-electron chi connectivity index (χ0n) is 11.3. The molecule has 0 spiro atoms. The summed E-state index contributed by atoms with van der Waals surface area (Å²) in [5.74, 6) is -3.00. The first-order chi connectivity index (χ1) is 10.5. The number of anilines is 2. The molecule has 0 aliphatic heterocycles. The van der Waals surface area contributed by atoms with Gasteiger partial charge >= 0.3 is 5.97 Å². The van der Waals surface area contributed by atoms with Crippen LogP contribution in [0.25, 0.3) is 0 Å². The summed E-state index contributed by atoms with van der Waals surface area (Å²) in [4.78, 5) is 23.2. The van der Waals surface area contributed by atoms with Gasteiger partial charge in [0.25, 0.3) is 5.91 Å². The van der Waals surface area contributed by atoms with Gasteiger partial charge in [-0.1, -0.05) is 0 Å². The lowest BCUT2D eigenvalue weighted by molar-refractivity contribution is -0.119. The van der Waals surface area contributed by atoms with Crippen LogP contribution in [0.5, 0.6) is 0 Å². The Bertz CT molecular complexity index is 702. The van der Waals surface area contributed by atoms with Gasteiger partial charge in [0.05, 0.1) is 11.3 Å². The summed E-state index contributed by atoms with van der Waals surface area (Å²) >= 11 is 0. The molecule has 2 aromatic rings. The van der Waals surface area contributed by atoms with E-state index in [2.05, 4.69) is 5.32 Å². The van der Waals surface area contributed by atoms with Crippen molar-refractivity contribution in [3.8, 4) is 0 Å². The van der Waals surface area contributed by atoms with E-state index in [1.165, 1.54) is 24.3 Å². The molecule has 3 N–H and O–H groups in total. The van der Waals surface area contributed by atoms with E-state index in [0.717, 1.165) is 18.2 Å². The molecule has 0 radical (unpaired) electrons. The minimum Gasteiger partial charge on any atom is -0.452 e. The van der Waals surface area contributed by atoms with E-state index in [1.54, 1.807) is 0 Å². The molecule has 2 aromatic carbocycles. The van der Waals surface area contributed by atoms with Crippen molar-refractivity contribution in [2.75, 3.05) is 17.7 Å². The monoisotopic (exact) mass is 306 g/mol. The Morgan fingerprint density at radius 1 is 1.09 bits per heavy atom. The second kappa shape index (κ2) is 6.66. The highest BCUT2D eigenvalue weighted by molar-refractivity contribution is 5.95. The molecule has 0 aromatic heterocycles. The van der Waals surface area contributed by atoms with Crippen molar-refractivity contribution < 1.29 is 23.1 Å². The van der Waals surface area contributed by atoms with Gasteiger partial charge in [-0.05, 0) is 36.4 Å². The third-order valence-corrected chi connectivity index (χ3v) is 2.68. The van der Waals surface area contributed by atoms with Gasteiger partial charge in [-0.3, -0.25) is 4.79 Å². The summed E-state index contributed by atoms with van der Waals surface area (Å²) in [6, 6.07) is 8.55. The van der Waals surface area contributed by atoms with Crippen molar-refractivity contribution in [1.82, 2.24) is 0 Å². The van der Waals surface area contributed by atoms with E-state index in [4.69, 9.17) is 10.5 Å². The van der Waals surface area contributed by atoms with Gasteiger partial charge in [-0.15, -0.1) is 0 Å². The molecule has 0 atom stereocenters. The Balaban J connectivity index is 1.91. The molecular weight excluding hydrogens is 294 g/mol. The fraction of sp³-hybridized carbons (Fsp3) is 0.0667. The van der Waals surface area contributed by atoms with Crippen LogP contribution in [0, 0.1) is 11.6 Å². The van der Waals surface area contributed by atoms with Gasteiger partial charge in [0.2, 0.25) is 0 Å². The van der Waals surface area contributed by atoms with Gasteiger partial charge in [-0.2, -0.15) is 0 Å². The average molecular weight is 306 g/mol. The molecule has 0 bridgehead atoms. The lowest BCUT2D eigenvalue weighted by Gasteiger charge is -2.07. The molecule has 7 heteroatoms. The van der Waals surface area contributed by atoms with Gasteiger partial charge in [-0.25, -0.2) is 13.6 Å². The first-order valence-electron chi connectivity index (χ1n) is 6.23. The lowest BCUT2D eigenvalue weighted by Crippen LogP contribution is -2.21. The summed E-state index contributed by atoms with van der Waals surface area (Å²) in [5.41, 5.74) is 5.86. The molecule has 1 amide bonds. The normalized spacial score (nSPS) is 10.1. The number of hydrogen-bond donors (Lipinski definition) is 2. The standard InChI is InChI=1S/C15H12F2N2O3/c16-10-3-6-12(17)13(7-10)19-14(20)8-22-15(21)9-1-4-11(18)5-2-9/h1-7H,8,18H2,(H,19,20). The van der Waals surface area contributed by atoms with Crippen molar-refractivity contribution in [3.63, 3.8) is 0 Å². The van der Waals surface area contributed by atoms with Gasteiger partial charge < -0.3 is 15.8 Å². The van der Waals surface area contributed by atoms with Crippen LogP contribution in [0.2, 0.25) is 0 Å². The number of esters is 1. The zero-order valence-corrected chi connectivity index (χ0v) is 11.3. The van der Waals surface area contributed by atoms with E-state index < -0.39 is 30.1 Å². The molecule has 0 aliphatic rings. The van der Waals surface area contributed by atoms with Crippen LogP contribution >= 0.6 is 0 Å². The number of benzene rings is 2. The Morgan fingerprint density at radius 2 is 1.77 bits per heavy atom. The molecule has 0 aliphatic carbocycles. The summed E-state index contributed by atoms with van der Waals surface area (Å²) in [5, 5.41) is 2.12. The maximum absolute atomic E-state index is 13.3. The van der Waals surface area contributed by atoms with E-state index in [1.807, 2.05) is 0 Å². The molecule has 0 unspecified atom stereocenters. The maximum Gasteiger partial charge on any atom is 0.338 e. The van der Waals surface area contributed by atoms with Gasteiger partial charge in [0, 0.05) is 11.8 Å². The minimum atomic E-state index is -0.792. The molecule has 2 rings (SSSR count). The van der Waals surface area contributed by atoms with Crippen LogP contribution in [0.4, 0.5) is 20.2 Å². The molecule has 0 heterocycles. The van der Waals surface area contributed by atoms with E-state index in [0.29, 0.717) is 5.69 Å². The Labute approximate surface area is 124 Å². The quantitative estimate of drug-likeness (QED) is 0.671. The summed E-state index contributed by atoms with van der Waals surface area (Å²) in [6.07, 6.45) is 0. The number of hydrogen-bond acceptors (Lipinski definition) is 4. The number of amides is 1. The maximum atomic E-state index is 13.3. The highest BCUT2D eigenvalue weighted by Crippen LogP contribution is 2.15. The average Bonchev–Trinajstić information content (AvgIpc) is 2.49. The molecule has 5 nitrogen and oxygen atoms in total. The Morgan fingerprint density at radius 3 is 2.45 bits per heavy atom. The number of nitrogens with two attached hydrogens (primary N) is 1. The Hall–Kier alpha value is -2.96. The van der Waals surface area contributed by atoms with E-state index in [-0.39, 0.29) is 11.3 Å². The topological polar surface area (TPSA) is 81.4 Å². The van der Waals surface area contributed by atoms with Gasteiger partial charge in [0.1, 0.15) is 11.6 Å². The third kappa shape index (κ3) is 4.02. The highest BCUT2D eigenvalue weighted by Gasteiger charge is 2.12. The van der Waals surface area contributed by atoms with Crippen LogP contribution in [0.15, 0.2) is 42.5 Å². The number of carbonyl (C=O) groups is 2. The van der Waals surface area contributed by atoms with Crippen molar-refractivity contribution >= 4 is 23.3 Å². The largest absolute Gasteiger partial charge is 0.452 e. The molecule has 0 saturated carbocycles. The Kier molecular flexibility index (Phi) is 4.67. The first-order valence-corrected chi connectivity index (χ1v) is 6.23. The number of nitrogens with one attached hydrogen (secondary N) is 1. The number of nitrogen functional groups attached to an aromatic ring is 1. The van der Waals surface area contributed by atoms with E-state index in [9.17, 15) is 18.4 Å². The summed E-state index contributed by atoms with van der Waals surface area (Å²) in [6.45, 7) is -0.626. The second-order valence-corrected chi connectivity index (χ2v) is 4.37. The van der Waals surface area contributed by atoms with Crippen LogP contribution in [-0.4, -0.2) is 18.5 Å². The van der Waals surface area contributed by atoms with Crippen LogP contribution in [0.1, 0.15) is 10.4 Å². The number of rotatable bonds is 4. The first kappa shape index (κ1) is 15.4. The predicted octanol–water partition coefficient (Wildman–Crippen LogP) is 2.34. The minimum absolute atomic E-state index is 0.221. The highest BCUT2D eigenvalue weighted by atomic mass is 19.1. The molecule has 114 valence electrons. The van der Waals surface area contributed by atoms with Gasteiger partial charge in [0.15, 0.2) is 6.61 Å². The summed E-state index contributed by atoms with van der Waals surface area (Å²) in [7, 11) is 0. The predicted molar refractivity (Wildman–Crippen MR) is 76.1 cm³/mol. The van der Waals surface area contributed by atoms with Crippen molar-refractivity contribution in [1.29, 1.82) is 0 Å². The van der Waals surface area contributed by atoms with Crippen LogP contribution in [0.3, 0.4) is 0 Å². The number of carbonyl (C=O) groups excluding carboxylic acids is 2. The third-order valence-electron chi connectivity index (χ3n) is 2.68. The number of halogens is 2. The zero-order chi connectivity index (χ0) is 16.1. The number of ether oxygens (including phenoxy) is 1. The van der Waals surface area contributed by atoms with Crippen LogP contribution < -0.4 is 11.1 Å². The molecule has 0 fully saturated rings. The SMILES string of the molecule is Nc1ccc(C(=O)OCC(=O)Nc2cc(F)ccc2F)cc1. The molecular formula is C15H12F2N2O3. The fourth-order valence-electron chi connectivity index (χ4n) is 1.61. The van der Waals surface area contributed by atoms with Crippen molar-refractivity contribution in [3.05, 3.63) is 59.7 Å². The summed E-state index contributed by atoms with van der Waals surface area (Å²) < 4.78 is 31.0. The molecule has 0 saturated heterocycles. The smallest absolute Gasteiger partial charge is 0.338 e. The van der Waals surface area contributed by atoms with E-state index >= 15 is 0 Å². The fourth-order valence-corrected chi connectivity index (χ4v) is 1.61. The lowest BCUT2D eigenvalue weighted by atomic mass is 10.2.